The molecule has 4 N–H and O–H groups in total. The van der Waals surface area contributed by atoms with Gasteiger partial charge in [0.15, 0.2) is 12.2 Å². The molecular formula is C28H30O11. The van der Waals surface area contributed by atoms with Crippen LogP contribution >= 0.6 is 0 Å². The lowest BCUT2D eigenvalue weighted by atomic mass is 9.68. The lowest BCUT2D eigenvalue weighted by Gasteiger charge is -2.48. The molecule has 0 spiro atoms. The third-order valence-electron chi connectivity index (χ3n) is 6.71. The summed E-state index contributed by atoms with van der Waals surface area (Å²) < 4.78 is 21.8. The number of hydrogen-bond acceptors (Lipinski definition) is 11. The second-order valence-corrected chi connectivity index (χ2v) is 9.89. The van der Waals surface area contributed by atoms with Crippen molar-refractivity contribution in [2.75, 3.05) is 13.7 Å². The zero-order valence-corrected chi connectivity index (χ0v) is 22.0. The average molecular weight is 543 g/mol. The number of ketones is 1. The molecular weight excluding hydrogens is 512 g/mol. The van der Waals surface area contributed by atoms with Crippen molar-refractivity contribution in [3.63, 3.8) is 0 Å². The number of hydrogen-bond donors (Lipinski definition) is 4. The van der Waals surface area contributed by atoms with Crippen LogP contribution < -0.4 is 4.74 Å². The molecule has 1 aliphatic heterocycles. The minimum Gasteiger partial charge on any atom is -0.507 e. The van der Waals surface area contributed by atoms with Crippen molar-refractivity contribution in [1.82, 2.24) is 0 Å². The van der Waals surface area contributed by atoms with E-state index in [4.69, 9.17) is 18.9 Å². The zero-order chi connectivity index (χ0) is 28.8. The molecule has 1 fully saturated rings. The van der Waals surface area contributed by atoms with Crippen LogP contribution in [0.3, 0.4) is 0 Å². The maximum atomic E-state index is 13.5. The Kier molecular flexibility index (Phi) is 7.44. The van der Waals surface area contributed by atoms with Crippen molar-refractivity contribution in [3.05, 3.63) is 63.7 Å². The fraction of sp³-hybridized carbons (Fsp3) is 0.393. The minimum atomic E-state index is -2.38. The van der Waals surface area contributed by atoms with E-state index in [-0.39, 0.29) is 28.0 Å². The SMILES string of the molecule is COc1cc(O)c2c(c1)[C@](O)([C@@H]1OC[C@@H](OC(C)=O)[C@@H](OC(=O)C=C(C)C)[C@@H]1O)c1cc(C)cc(O)c1C2=O. The molecule has 208 valence electrons. The normalized spacial score (nSPS) is 25.7. The van der Waals surface area contributed by atoms with E-state index in [1.807, 2.05) is 0 Å². The van der Waals surface area contributed by atoms with E-state index in [2.05, 4.69) is 0 Å². The van der Waals surface area contributed by atoms with Crippen molar-refractivity contribution < 1.29 is 53.8 Å². The highest BCUT2D eigenvalue weighted by atomic mass is 16.6. The van der Waals surface area contributed by atoms with Gasteiger partial charge < -0.3 is 39.4 Å². The molecule has 0 unspecified atom stereocenters. The van der Waals surface area contributed by atoms with E-state index < -0.39 is 65.8 Å². The van der Waals surface area contributed by atoms with Gasteiger partial charge in [-0.25, -0.2) is 4.79 Å². The Labute approximate surface area is 224 Å². The van der Waals surface area contributed by atoms with Crippen LogP contribution in [0.15, 0.2) is 35.9 Å². The van der Waals surface area contributed by atoms with E-state index >= 15 is 0 Å². The highest BCUT2D eigenvalue weighted by molar-refractivity contribution is 6.16. The fourth-order valence-electron chi connectivity index (χ4n) is 5.16. The summed E-state index contributed by atoms with van der Waals surface area (Å²) in [7, 11) is 1.32. The van der Waals surface area contributed by atoms with Crippen LogP contribution in [0.5, 0.6) is 17.2 Å². The van der Waals surface area contributed by atoms with Gasteiger partial charge in [-0.1, -0.05) is 11.6 Å². The Morgan fingerprint density at radius 3 is 2.23 bits per heavy atom. The van der Waals surface area contributed by atoms with Crippen molar-refractivity contribution in [1.29, 1.82) is 0 Å². The molecule has 2 aromatic rings. The number of phenols is 2. The summed E-state index contributed by atoms with van der Waals surface area (Å²) in [5.74, 6) is -3.21. The predicted molar refractivity (Wildman–Crippen MR) is 135 cm³/mol. The highest BCUT2D eigenvalue weighted by Gasteiger charge is 2.58. The topological polar surface area (TPSA) is 169 Å². The summed E-state index contributed by atoms with van der Waals surface area (Å²) in [4.78, 5) is 37.8. The van der Waals surface area contributed by atoms with Gasteiger partial charge in [0, 0.05) is 30.2 Å². The number of aromatic hydroxyl groups is 2. The van der Waals surface area contributed by atoms with Gasteiger partial charge in [-0.3, -0.25) is 9.59 Å². The lowest BCUT2D eigenvalue weighted by Crippen LogP contribution is -2.63. The van der Waals surface area contributed by atoms with Gasteiger partial charge in [0.05, 0.1) is 24.8 Å². The first kappa shape index (κ1) is 28.1. The van der Waals surface area contributed by atoms with Gasteiger partial charge in [0.25, 0.3) is 0 Å². The Bertz CT molecular complexity index is 1370. The summed E-state index contributed by atoms with van der Waals surface area (Å²) in [6, 6.07) is 5.26. The summed E-state index contributed by atoms with van der Waals surface area (Å²) in [5.41, 5.74) is -2.19. The number of benzene rings is 2. The summed E-state index contributed by atoms with van der Waals surface area (Å²) >= 11 is 0. The van der Waals surface area contributed by atoms with E-state index in [0.717, 1.165) is 6.92 Å². The van der Waals surface area contributed by atoms with Crippen LogP contribution in [0.1, 0.15) is 53.4 Å². The number of aliphatic hydroxyl groups is 2. The maximum Gasteiger partial charge on any atom is 0.331 e. The highest BCUT2D eigenvalue weighted by Crippen LogP contribution is 2.51. The molecule has 4 rings (SSSR count). The van der Waals surface area contributed by atoms with Gasteiger partial charge in [0.2, 0.25) is 5.78 Å². The van der Waals surface area contributed by atoms with E-state index in [9.17, 15) is 34.8 Å². The van der Waals surface area contributed by atoms with E-state index in [0.29, 0.717) is 11.1 Å². The van der Waals surface area contributed by atoms with Crippen LogP contribution in [0.2, 0.25) is 0 Å². The number of allylic oxidation sites excluding steroid dienone is 1. The molecule has 0 saturated carbocycles. The first-order valence-corrected chi connectivity index (χ1v) is 12.1. The second kappa shape index (κ2) is 10.3. The smallest absolute Gasteiger partial charge is 0.331 e. The molecule has 1 heterocycles. The van der Waals surface area contributed by atoms with Crippen LogP contribution in [-0.4, -0.2) is 76.3 Å². The van der Waals surface area contributed by atoms with Crippen LogP contribution in [0.4, 0.5) is 0 Å². The van der Waals surface area contributed by atoms with E-state index in [1.54, 1.807) is 20.8 Å². The van der Waals surface area contributed by atoms with Gasteiger partial charge in [-0.2, -0.15) is 0 Å². The Hall–Kier alpha value is -3.93. The largest absolute Gasteiger partial charge is 0.507 e. The third kappa shape index (κ3) is 4.84. The molecule has 1 aliphatic carbocycles. The number of aliphatic hydroxyl groups excluding tert-OH is 1. The van der Waals surface area contributed by atoms with Crippen LogP contribution in [0.25, 0.3) is 0 Å². The van der Waals surface area contributed by atoms with Gasteiger partial charge >= 0.3 is 11.9 Å². The Morgan fingerprint density at radius 2 is 1.64 bits per heavy atom. The average Bonchev–Trinajstić information content (AvgIpc) is 2.83. The molecule has 11 heteroatoms. The maximum absolute atomic E-state index is 13.5. The standard InChI is InChI=1S/C28H30O11/c1-12(2)6-21(32)39-26-20(38-14(4)29)11-37-27(25(26)34)28(35)16-7-13(3)8-18(30)22(16)24(33)23-17(28)9-15(36-5)10-19(23)31/h6-10,20,25-27,30-31,34-35H,11H2,1-5H3/t20-,25+,26-,27-,28+/m1/s1. The molecule has 5 atom stereocenters. The van der Waals surface area contributed by atoms with E-state index in [1.165, 1.54) is 37.5 Å². The van der Waals surface area contributed by atoms with Gasteiger partial charge in [-0.05, 0) is 38.5 Å². The molecule has 0 bridgehead atoms. The number of phenolic OH excluding ortho intramolecular Hbond substituents is 2. The number of esters is 2. The van der Waals surface area contributed by atoms with Crippen molar-refractivity contribution in [2.45, 2.75) is 57.7 Å². The Balaban J connectivity index is 1.94. The molecule has 2 aromatic carbocycles. The summed E-state index contributed by atoms with van der Waals surface area (Å²) in [6.45, 7) is 5.70. The van der Waals surface area contributed by atoms with Crippen molar-refractivity contribution in [2.24, 2.45) is 0 Å². The minimum absolute atomic E-state index is 0.0902. The first-order chi connectivity index (χ1) is 18.3. The zero-order valence-electron chi connectivity index (χ0n) is 22.0. The third-order valence-corrected chi connectivity index (χ3v) is 6.71. The summed E-state index contributed by atoms with van der Waals surface area (Å²) in [5, 5.41) is 45.5. The molecule has 1 saturated heterocycles. The monoisotopic (exact) mass is 542 g/mol. The number of ether oxygens (including phenoxy) is 4. The number of carbonyl (C=O) groups is 3. The van der Waals surface area contributed by atoms with Crippen LogP contribution in [-0.2, 0) is 29.4 Å². The molecule has 2 aliphatic rings. The number of aryl methyl sites for hydroxylation is 1. The molecule has 0 amide bonds. The number of rotatable bonds is 5. The number of fused-ring (bicyclic) bond motifs is 2. The quantitative estimate of drug-likeness (QED) is 0.321. The predicted octanol–water partition coefficient (Wildman–Crippen LogP) is 1.76. The lowest BCUT2D eigenvalue weighted by molar-refractivity contribution is -0.243. The van der Waals surface area contributed by atoms with Crippen LogP contribution in [0, 0.1) is 6.92 Å². The molecule has 11 nitrogen and oxygen atoms in total. The molecule has 39 heavy (non-hydrogen) atoms. The van der Waals surface area contributed by atoms with Crippen molar-refractivity contribution >= 4 is 17.7 Å². The molecule has 0 aromatic heterocycles. The second-order valence-electron chi connectivity index (χ2n) is 9.89. The van der Waals surface area contributed by atoms with Gasteiger partial charge in [0.1, 0.15) is 35.1 Å². The molecule has 0 radical (unpaired) electrons. The van der Waals surface area contributed by atoms with Crippen molar-refractivity contribution in [3.8, 4) is 17.2 Å². The fourth-order valence-corrected chi connectivity index (χ4v) is 5.16. The number of carbonyl (C=O) groups excluding carboxylic acids is 3. The summed E-state index contributed by atoms with van der Waals surface area (Å²) in [6.07, 6.45) is -4.97. The first-order valence-electron chi connectivity index (χ1n) is 12.1. The number of methoxy groups -OCH3 is 1. The Morgan fingerprint density at radius 1 is 1.03 bits per heavy atom. The van der Waals surface area contributed by atoms with Gasteiger partial charge in [-0.15, -0.1) is 0 Å².